The molecule has 0 aliphatic heterocycles. The number of carbonyl (C=O) groups is 1. The van der Waals surface area contributed by atoms with Gasteiger partial charge in [0.25, 0.3) is 0 Å². The van der Waals surface area contributed by atoms with Crippen LogP contribution in [0.3, 0.4) is 0 Å². The monoisotopic (exact) mass is 221 g/mol. The summed E-state index contributed by atoms with van der Waals surface area (Å²) in [4.78, 5) is 11.6. The predicted octanol–water partition coefficient (Wildman–Crippen LogP) is 0.412. The molecule has 0 bridgehead atoms. The van der Waals surface area contributed by atoms with Crippen LogP contribution in [-0.2, 0) is 4.79 Å². The average Bonchev–Trinajstić information content (AvgIpc) is 2.34. The molecule has 0 heterocycles. The van der Waals surface area contributed by atoms with E-state index in [1.165, 1.54) is 0 Å². The van der Waals surface area contributed by atoms with Crippen LogP contribution < -0.4 is 16.4 Å². The summed E-state index contributed by atoms with van der Waals surface area (Å²) in [5.41, 5.74) is 6.66. The van der Waals surface area contributed by atoms with Crippen molar-refractivity contribution >= 4 is 5.91 Å². The van der Waals surface area contributed by atoms with Crippen LogP contribution in [0.1, 0.15) is 18.5 Å². The summed E-state index contributed by atoms with van der Waals surface area (Å²) >= 11 is 0. The van der Waals surface area contributed by atoms with Gasteiger partial charge >= 0.3 is 0 Å². The Labute approximate surface area is 96.2 Å². The van der Waals surface area contributed by atoms with E-state index in [1.54, 1.807) is 0 Å². The van der Waals surface area contributed by atoms with E-state index < -0.39 is 6.04 Å². The van der Waals surface area contributed by atoms with E-state index in [9.17, 15) is 4.79 Å². The topological polar surface area (TPSA) is 67.1 Å². The molecule has 1 aromatic rings. The zero-order valence-corrected chi connectivity index (χ0v) is 9.57. The van der Waals surface area contributed by atoms with Crippen molar-refractivity contribution in [2.75, 3.05) is 19.6 Å². The molecule has 1 amide bonds. The molecule has 1 aromatic carbocycles. The van der Waals surface area contributed by atoms with Crippen molar-refractivity contribution in [1.29, 1.82) is 0 Å². The average molecular weight is 221 g/mol. The first-order chi connectivity index (χ1) is 7.75. The molecule has 1 rings (SSSR count). The summed E-state index contributed by atoms with van der Waals surface area (Å²) < 4.78 is 0. The number of nitrogens with two attached hydrogens (primary N) is 1. The minimum absolute atomic E-state index is 0.135. The van der Waals surface area contributed by atoms with Crippen LogP contribution in [0, 0.1) is 0 Å². The van der Waals surface area contributed by atoms with E-state index in [2.05, 4.69) is 10.6 Å². The number of benzene rings is 1. The zero-order chi connectivity index (χ0) is 11.8. The molecule has 0 aliphatic rings. The highest BCUT2D eigenvalue weighted by Crippen LogP contribution is 2.08. The third-order valence-corrected chi connectivity index (χ3v) is 2.29. The van der Waals surface area contributed by atoms with Crippen molar-refractivity contribution in [3.63, 3.8) is 0 Å². The molecule has 88 valence electrons. The number of hydrogen-bond donors (Lipinski definition) is 3. The number of carbonyl (C=O) groups excluding carboxylic acids is 1. The second-order valence-corrected chi connectivity index (χ2v) is 3.53. The number of amides is 1. The summed E-state index contributed by atoms with van der Waals surface area (Å²) in [6.45, 7) is 4.30. The van der Waals surface area contributed by atoms with Gasteiger partial charge in [0.05, 0.1) is 0 Å². The van der Waals surface area contributed by atoms with Crippen molar-refractivity contribution in [3.8, 4) is 0 Å². The van der Waals surface area contributed by atoms with Gasteiger partial charge < -0.3 is 16.4 Å². The van der Waals surface area contributed by atoms with Crippen LogP contribution in [0.5, 0.6) is 0 Å². The molecule has 0 radical (unpaired) electrons. The zero-order valence-electron chi connectivity index (χ0n) is 9.57. The summed E-state index contributed by atoms with van der Waals surface area (Å²) in [5.74, 6) is -0.135. The van der Waals surface area contributed by atoms with E-state index >= 15 is 0 Å². The maximum absolute atomic E-state index is 11.6. The van der Waals surface area contributed by atoms with Crippen molar-refractivity contribution in [2.45, 2.75) is 13.0 Å². The lowest BCUT2D eigenvalue weighted by atomic mass is 10.1. The second-order valence-electron chi connectivity index (χ2n) is 3.53. The lowest BCUT2D eigenvalue weighted by Gasteiger charge is -2.12. The van der Waals surface area contributed by atoms with Crippen LogP contribution in [0.25, 0.3) is 0 Å². The van der Waals surface area contributed by atoms with E-state index in [-0.39, 0.29) is 5.91 Å². The molecule has 0 fully saturated rings. The normalized spacial score (nSPS) is 12.1. The molecule has 0 aliphatic carbocycles. The Morgan fingerprint density at radius 2 is 2.00 bits per heavy atom. The molecule has 4 heteroatoms. The summed E-state index contributed by atoms with van der Waals surface area (Å²) in [5, 5.41) is 5.92. The standard InChI is InChI=1S/C12H19N3O/c1-2-14-8-9-15-12(16)11(13)10-6-4-3-5-7-10/h3-7,11,14H,2,8-9,13H2,1H3,(H,15,16). The van der Waals surface area contributed by atoms with Gasteiger partial charge in [-0.25, -0.2) is 0 Å². The van der Waals surface area contributed by atoms with Gasteiger partial charge in [-0.3, -0.25) is 4.79 Å². The van der Waals surface area contributed by atoms with Gasteiger partial charge in [0.2, 0.25) is 5.91 Å². The molecule has 1 atom stereocenters. The first-order valence-corrected chi connectivity index (χ1v) is 5.54. The molecule has 16 heavy (non-hydrogen) atoms. The predicted molar refractivity (Wildman–Crippen MR) is 64.9 cm³/mol. The Hall–Kier alpha value is -1.39. The highest BCUT2D eigenvalue weighted by atomic mass is 16.2. The summed E-state index contributed by atoms with van der Waals surface area (Å²) in [6.07, 6.45) is 0. The maximum Gasteiger partial charge on any atom is 0.241 e. The van der Waals surface area contributed by atoms with E-state index in [1.807, 2.05) is 37.3 Å². The fourth-order valence-electron chi connectivity index (χ4n) is 1.37. The Balaban J connectivity index is 2.37. The van der Waals surface area contributed by atoms with Crippen molar-refractivity contribution in [1.82, 2.24) is 10.6 Å². The van der Waals surface area contributed by atoms with E-state index in [4.69, 9.17) is 5.73 Å². The summed E-state index contributed by atoms with van der Waals surface area (Å²) in [6, 6.07) is 8.78. The van der Waals surface area contributed by atoms with Crippen LogP contribution in [0.15, 0.2) is 30.3 Å². The molecular formula is C12H19N3O. The van der Waals surface area contributed by atoms with Gasteiger partial charge in [0, 0.05) is 13.1 Å². The lowest BCUT2D eigenvalue weighted by Crippen LogP contribution is -2.37. The van der Waals surface area contributed by atoms with Gasteiger partial charge in [0.15, 0.2) is 0 Å². The molecule has 4 N–H and O–H groups in total. The Bertz CT molecular complexity index is 313. The molecule has 0 saturated heterocycles. The van der Waals surface area contributed by atoms with Gasteiger partial charge in [0.1, 0.15) is 6.04 Å². The van der Waals surface area contributed by atoms with Crippen molar-refractivity contribution < 1.29 is 4.79 Å². The van der Waals surface area contributed by atoms with Gasteiger partial charge in [-0.1, -0.05) is 37.3 Å². The van der Waals surface area contributed by atoms with Crippen LogP contribution in [0.2, 0.25) is 0 Å². The number of rotatable bonds is 6. The fraction of sp³-hybridized carbons (Fsp3) is 0.417. The highest BCUT2D eigenvalue weighted by Gasteiger charge is 2.13. The lowest BCUT2D eigenvalue weighted by molar-refractivity contribution is -0.122. The molecule has 0 saturated carbocycles. The summed E-state index contributed by atoms with van der Waals surface area (Å²) in [7, 11) is 0. The first kappa shape index (κ1) is 12.7. The van der Waals surface area contributed by atoms with Gasteiger partial charge in [-0.2, -0.15) is 0 Å². The minimum Gasteiger partial charge on any atom is -0.353 e. The molecule has 4 nitrogen and oxygen atoms in total. The van der Waals surface area contributed by atoms with Crippen molar-refractivity contribution in [3.05, 3.63) is 35.9 Å². The smallest absolute Gasteiger partial charge is 0.241 e. The Morgan fingerprint density at radius 1 is 1.31 bits per heavy atom. The van der Waals surface area contributed by atoms with Gasteiger partial charge in [-0.15, -0.1) is 0 Å². The van der Waals surface area contributed by atoms with E-state index in [0.29, 0.717) is 6.54 Å². The second kappa shape index (κ2) is 6.98. The SMILES string of the molecule is CCNCCNC(=O)C(N)c1ccccc1. The maximum atomic E-state index is 11.6. The van der Waals surface area contributed by atoms with Crippen LogP contribution in [-0.4, -0.2) is 25.5 Å². The fourth-order valence-corrected chi connectivity index (χ4v) is 1.37. The molecular weight excluding hydrogens is 202 g/mol. The molecule has 0 spiro atoms. The number of hydrogen-bond acceptors (Lipinski definition) is 3. The quantitative estimate of drug-likeness (QED) is 0.610. The molecule has 1 unspecified atom stereocenters. The van der Waals surface area contributed by atoms with Crippen molar-refractivity contribution in [2.24, 2.45) is 5.73 Å². The minimum atomic E-state index is -0.581. The Kier molecular flexibility index (Phi) is 5.53. The van der Waals surface area contributed by atoms with Crippen LogP contribution >= 0.6 is 0 Å². The third kappa shape index (κ3) is 4.00. The number of likely N-dealkylation sites (N-methyl/N-ethyl adjacent to an activating group) is 1. The largest absolute Gasteiger partial charge is 0.353 e. The highest BCUT2D eigenvalue weighted by molar-refractivity contribution is 5.82. The molecule has 0 aromatic heterocycles. The number of nitrogens with one attached hydrogen (secondary N) is 2. The Morgan fingerprint density at radius 3 is 2.62 bits per heavy atom. The third-order valence-electron chi connectivity index (χ3n) is 2.29. The first-order valence-electron chi connectivity index (χ1n) is 5.54. The van der Waals surface area contributed by atoms with Gasteiger partial charge in [-0.05, 0) is 12.1 Å². The van der Waals surface area contributed by atoms with Crippen LogP contribution in [0.4, 0.5) is 0 Å². The van der Waals surface area contributed by atoms with E-state index in [0.717, 1.165) is 18.7 Å².